The number of piperidine rings is 1. The van der Waals surface area contributed by atoms with Crippen LogP contribution in [0.4, 0.5) is 24.5 Å². The maximum atomic E-state index is 13.0. The van der Waals surface area contributed by atoms with E-state index in [4.69, 9.17) is 0 Å². The van der Waals surface area contributed by atoms with Gasteiger partial charge in [-0.05, 0) is 37.1 Å². The highest BCUT2D eigenvalue weighted by atomic mass is 32.2. The van der Waals surface area contributed by atoms with Crippen molar-refractivity contribution in [1.29, 1.82) is 0 Å². The number of carbonyl (C=O) groups is 1. The number of nitrogens with one attached hydrogen (secondary N) is 1. The molecule has 9 heteroatoms. The summed E-state index contributed by atoms with van der Waals surface area (Å²) in [7, 11) is -5.48. The van der Waals surface area contributed by atoms with Gasteiger partial charge in [0.05, 0.1) is 16.5 Å². The summed E-state index contributed by atoms with van der Waals surface area (Å²) in [6.45, 7) is 0.516. The molecule has 1 heterocycles. The number of anilines is 2. The molecule has 1 saturated heterocycles. The largest absolute Gasteiger partial charge is 0.501 e. The molecule has 1 fully saturated rings. The Labute approximate surface area is 161 Å². The topological polar surface area (TPSA) is 66.5 Å². The molecule has 1 aliphatic rings. The van der Waals surface area contributed by atoms with Crippen LogP contribution in [-0.4, -0.2) is 32.9 Å². The van der Waals surface area contributed by atoms with Gasteiger partial charge in [-0.3, -0.25) is 4.79 Å². The molecule has 0 aliphatic carbocycles. The molecule has 3 rings (SSSR count). The van der Waals surface area contributed by atoms with Gasteiger partial charge in [0, 0.05) is 18.8 Å². The second-order valence-electron chi connectivity index (χ2n) is 6.56. The highest BCUT2D eigenvalue weighted by molar-refractivity contribution is 7.92. The Morgan fingerprint density at radius 3 is 2.36 bits per heavy atom. The molecule has 0 aromatic heterocycles. The third kappa shape index (κ3) is 4.14. The fourth-order valence-corrected chi connectivity index (χ4v) is 4.23. The number of para-hydroxylation sites is 2. The highest BCUT2D eigenvalue weighted by Crippen LogP contribution is 2.37. The fraction of sp³-hybridized carbons (Fsp3) is 0.316. The third-order valence-corrected chi connectivity index (χ3v) is 6.17. The smallest absolute Gasteiger partial charge is 0.370 e. The number of carbonyl (C=O) groups excluding carboxylic acids is 1. The van der Waals surface area contributed by atoms with Gasteiger partial charge in [0.2, 0.25) is 5.91 Å². The maximum Gasteiger partial charge on any atom is 0.501 e. The molecule has 2 aromatic rings. The standard InChI is InChI=1S/C19H19F3N2O3S/c20-19(21,22)28(26,27)17-11-5-4-10-16(17)24-12-6-7-14(13-24)18(25)23-15-8-2-1-3-9-15/h1-5,8-11,14H,6-7,12-13H2,(H,23,25)/t14-/m0/s1. The van der Waals surface area contributed by atoms with Crippen molar-refractivity contribution in [3.63, 3.8) is 0 Å². The van der Waals surface area contributed by atoms with Crippen LogP contribution >= 0.6 is 0 Å². The summed E-state index contributed by atoms with van der Waals surface area (Å²) in [6, 6.07) is 13.9. The molecular formula is C19H19F3N2O3S. The molecule has 2 aromatic carbocycles. The van der Waals surface area contributed by atoms with Gasteiger partial charge in [0.1, 0.15) is 0 Å². The second kappa shape index (κ2) is 7.83. The van der Waals surface area contributed by atoms with E-state index in [9.17, 15) is 26.4 Å². The normalized spacial score (nSPS) is 18.0. The predicted octanol–water partition coefficient (Wildman–Crippen LogP) is 3.84. The zero-order valence-corrected chi connectivity index (χ0v) is 15.6. The minimum absolute atomic E-state index is 0.0305. The number of nitrogens with zero attached hydrogens (tertiary/aromatic N) is 1. The van der Waals surface area contributed by atoms with Crippen molar-refractivity contribution in [1.82, 2.24) is 0 Å². The van der Waals surface area contributed by atoms with Crippen LogP contribution in [0, 0.1) is 5.92 Å². The number of hydrogen-bond donors (Lipinski definition) is 1. The highest BCUT2D eigenvalue weighted by Gasteiger charge is 2.48. The number of sulfone groups is 1. The van der Waals surface area contributed by atoms with E-state index in [1.54, 1.807) is 24.3 Å². The molecule has 1 atom stereocenters. The molecule has 0 bridgehead atoms. The number of benzene rings is 2. The molecule has 5 nitrogen and oxygen atoms in total. The first kappa shape index (κ1) is 20.2. The minimum atomic E-state index is -5.48. The van der Waals surface area contributed by atoms with Crippen LogP contribution in [0.15, 0.2) is 59.5 Å². The number of halogens is 3. The van der Waals surface area contributed by atoms with Crippen LogP contribution in [-0.2, 0) is 14.6 Å². The number of amides is 1. The van der Waals surface area contributed by atoms with Crippen molar-refractivity contribution >= 4 is 27.1 Å². The Kier molecular flexibility index (Phi) is 5.64. The van der Waals surface area contributed by atoms with E-state index >= 15 is 0 Å². The van der Waals surface area contributed by atoms with Gasteiger partial charge >= 0.3 is 5.51 Å². The molecule has 1 amide bonds. The average Bonchev–Trinajstić information content (AvgIpc) is 2.68. The summed E-state index contributed by atoms with van der Waals surface area (Å²) < 4.78 is 63.0. The Bertz CT molecular complexity index is 946. The van der Waals surface area contributed by atoms with Gasteiger partial charge in [-0.2, -0.15) is 13.2 Å². The van der Waals surface area contributed by atoms with Crippen molar-refractivity contribution in [3.05, 3.63) is 54.6 Å². The van der Waals surface area contributed by atoms with E-state index in [1.807, 2.05) is 6.07 Å². The molecule has 0 unspecified atom stereocenters. The van der Waals surface area contributed by atoms with Crippen LogP contribution in [0.25, 0.3) is 0 Å². The Morgan fingerprint density at radius 1 is 1.04 bits per heavy atom. The third-order valence-electron chi connectivity index (χ3n) is 4.63. The number of hydrogen-bond acceptors (Lipinski definition) is 4. The first-order valence-electron chi connectivity index (χ1n) is 8.71. The van der Waals surface area contributed by atoms with Crippen molar-refractivity contribution < 1.29 is 26.4 Å². The molecule has 1 aliphatic heterocycles. The lowest BCUT2D eigenvalue weighted by molar-refractivity contribution is -0.120. The number of alkyl halides is 3. The zero-order valence-electron chi connectivity index (χ0n) is 14.8. The lowest BCUT2D eigenvalue weighted by atomic mass is 9.96. The Morgan fingerprint density at radius 2 is 1.68 bits per heavy atom. The van der Waals surface area contributed by atoms with Gasteiger partial charge in [0.15, 0.2) is 0 Å². The quantitative estimate of drug-likeness (QED) is 0.829. The average molecular weight is 412 g/mol. The monoisotopic (exact) mass is 412 g/mol. The van der Waals surface area contributed by atoms with Crippen LogP contribution in [0.3, 0.4) is 0 Å². The van der Waals surface area contributed by atoms with E-state index in [0.717, 1.165) is 6.07 Å². The van der Waals surface area contributed by atoms with Gasteiger partial charge in [-0.25, -0.2) is 8.42 Å². The van der Waals surface area contributed by atoms with Crippen LogP contribution in [0.1, 0.15) is 12.8 Å². The van der Waals surface area contributed by atoms with Crippen molar-refractivity contribution in [2.24, 2.45) is 5.92 Å². The maximum absolute atomic E-state index is 13.0. The van der Waals surface area contributed by atoms with Crippen LogP contribution < -0.4 is 10.2 Å². The van der Waals surface area contributed by atoms with E-state index in [-0.39, 0.29) is 18.1 Å². The van der Waals surface area contributed by atoms with Gasteiger partial charge < -0.3 is 10.2 Å². The first-order chi connectivity index (χ1) is 13.2. The minimum Gasteiger partial charge on any atom is -0.370 e. The fourth-order valence-electron chi connectivity index (χ4n) is 3.25. The molecule has 28 heavy (non-hydrogen) atoms. The second-order valence-corrected chi connectivity index (χ2v) is 8.47. The van der Waals surface area contributed by atoms with Crippen LogP contribution in [0.5, 0.6) is 0 Å². The summed E-state index contributed by atoms with van der Waals surface area (Å²) in [5.41, 5.74) is -4.79. The first-order valence-corrected chi connectivity index (χ1v) is 10.2. The molecule has 0 spiro atoms. The van der Waals surface area contributed by atoms with E-state index < -0.39 is 26.2 Å². The van der Waals surface area contributed by atoms with Gasteiger partial charge in [-0.15, -0.1) is 0 Å². The zero-order chi connectivity index (χ0) is 20.4. The van der Waals surface area contributed by atoms with Crippen LogP contribution in [0.2, 0.25) is 0 Å². The van der Waals surface area contributed by atoms with Crippen molar-refractivity contribution in [2.45, 2.75) is 23.2 Å². The van der Waals surface area contributed by atoms with E-state index in [1.165, 1.54) is 23.1 Å². The predicted molar refractivity (Wildman–Crippen MR) is 99.7 cm³/mol. The summed E-state index contributed by atoms with van der Waals surface area (Å²) in [6.07, 6.45) is 1.14. The Balaban J connectivity index is 1.83. The summed E-state index contributed by atoms with van der Waals surface area (Å²) in [4.78, 5) is 13.3. The van der Waals surface area contributed by atoms with E-state index in [2.05, 4.69) is 5.32 Å². The molecule has 0 radical (unpaired) electrons. The van der Waals surface area contributed by atoms with Gasteiger partial charge in [0.25, 0.3) is 9.84 Å². The lowest BCUT2D eigenvalue weighted by Crippen LogP contribution is -2.41. The van der Waals surface area contributed by atoms with E-state index in [0.29, 0.717) is 25.1 Å². The van der Waals surface area contributed by atoms with Crippen molar-refractivity contribution in [2.75, 3.05) is 23.3 Å². The molecular weight excluding hydrogens is 393 g/mol. The molecule has 1 N–H and O–H groups in total. The lowest BCUT2D eigenvalue weighted by Gasteiger charge is -2.34. The summed E-state index contributed by atoms with van der Waals surface area (Å²) in [5.74, 6) is -0.706. The summed E-state index contributed by atoms with van der Waals surface area (Å²) >= 11 is 0. The molecule has 150 valence electrons. The Hall–Kier alpha value is -2.55. The SMILES string of the molecule is O=C(Nc1ccccc1)[C@H]1CCCN(c2ccccc2S(=O)(=O)C(F)(F)F)C1. The summed E-state index contributed by atoms with van der Waals surface area (Å²) in [5, 5.41) is 2.79. The molecule has 0 saturated carbocycles. The van der Waals surface area contributed by atoms with Gasteiger partial charge in [-0.1, -0.05) is 30.3 Å². The number of rotatable bonds is 4. The van der Waals surface area contributed by atoms with Crippen molar-refractivity contribution in [3.8, 4) is 0 Å².